The fourth-order valence-corrected chi connectivity index (χ4v) is 4.24. The zero-order chi connectivity index (χ0) is 21.8. The van der Waals surface area contributed by atoms with Gasteiger partial charge in [-0.05, 0) is 24.7 Å². The molecule has 0 bridgehead atoms. The largest absolute Gasteiger partial charge is 0.454 e. The third kappa shape index (κ3) is 4.93. The zero-order valence-electron chi connectivity index (χ0n) is 18.6. The molecule has 3 heterocycles. The zero-order valence-corrected chi connectivity index (χ0v) is 18.6. The highest BCUT2D eigenvalue weighted by atomic mass is 16.5. The minimum absolute atomic E-state index is 0.742. The lowest BCUT2D eigenvalue weighted by molar-refractivity contribution is 0.0342. The number of hydrogen-bond donors (Lipinski definition) is 0. The first-order chi connectivity index (χ1) is 15.7. The second-order valence-corrected chi connectivity index (χ2v) is 8.53. The van der Waals surface area contributed by atoms with Gasteiger partial charge >= 0.3 is 0 Å². The van der Waals surface area contributed by atoms with Gasteiger partial charge in [0.2, 0.25) is 0 Å². The Morgan fingerprint density at radius 3 is 2.59 bits per heavy atom. The highest BCUT2D eigenvalue weighted by molar-refractivity contribution is 5.82. The third-order valence-electron chi connectivity index (χ3n) is 6.03. The Labute approximate surface area is 189 Å². The van der Waals surface area contributed by atoms with E-state index >= 15 is 0 Å². The average molecular weight is 431 g/mol. The molecular weight excluding hydrogens is 400 g/mol. The van der Waals surface area contributed by atoms with Crippen LogP contribution in [0, 0.1) is 0 Å². The van der Waals surface area contributed by atoms with E-state index in [9.17, 15) is 0 Å². The maximum Gasteiger partial charge on any atom is 0.156 e. The Hall–Kier alpha value is -2.93. The fourth-order valence-electron chi connectivity index (χ4n) is 4.24. The van der Waals surface area contributed by atoms with Crippen LogP contribution in [0.25, 0.3) is 22.4 Å². The van der Waals surface area contributed by atoms with Gasteiger partial charge in [0.1, 0.15) is 11.3 Å². The molecule has 0 unspecified atom stereocenters. The molecule has 0 N–H and O–H groups in total. The molecular formula is C26H30N4O2. The Balaban J connectivity index is 1.37. The number of ether oxygens (including phenoxy) is 1. The van der Waals surface area contributed by atoms with Crippen LogP contribution in [0.4, 0.5) is 0 Å². The van der Waals surface area contributed by atoms with E-state index in [1.807, 2.05) is 28.9 Å². The normalized spacial score (nSPS) is 15.1. The molecule has 0 aliphatic carbocycles. The van der Waals surface area contributed by atoms with E-state index in [0.717, 1.165) is 74.9 Å². The van der Waals surface area contributed by atoms with Crippen LogP contribution in [0.15, 0.2) is 71.3 Å². The Kier molecular flexibility index (Phi) is 6.34. The Morgan fingerprint density at radius 2 is 1.78 bits per heavy atom. The maximum atomic E-state index is 6.18. The van der Waals surface area contributed by atoms with Gasteiger partial charge < -0.3 is 14.1 Å². The molecule has 6 nitrogen and oxygen atoms in total. The van der Waals surface area contributed by atoms with E-state index in [0.29, 0.717) is 0 Å². The lowest BCUT2D eigenvalue weighted by Crippen LogP contribution is -2.40. The second kappa shape index (κ2) is 9.69. The van der Waals surface area contributed by atoms with Gasteiger partial charge in [-0.3, -0.25) is 9.58 Å². The lowest BCUT2D eigenvalue weighted by atomic mass is 10.2. The standard InChI is InChI=1S/C26H30N4O2/c1-28(11-12-29-13-15-31-16-14-29)19-23-20-30(18-21-7-3-2-4-8-21)27-26(23)25-17-22-9-5-6-10-24(22)32-25/h2-10,17,20H,11-16,18-19H2,1H3. The summed E-state index contributed by atoms with van der Waals surface area (Å²) in [5.41, 5.74) is 4.24. The smallest absolute Gasteiger partial charge is 0.156 e. The summed E-state index contributed by atoms with van der Waals surface area (Å²) >= 11 is 0. The van der Waals surface area contributed by atoms with Crippen molar-refractivity contribution in [3.8, 4) is 11.5 Å². The molecule has 0 spiro atoms. The lowest BCUT2D eigenvalue weighted by Gasteiger charge is -2.28. The van der Waals surface area contributed by atoms with Crippen LogP contribution in [0.1, 0.15) is 11.1 Å². The van der Waals surface area contributed by atoms with Gasteiger partial charge in [0.05, 0.1) is 19.8 Å². The summed E-state index contributed by atoms with van der Waals surface area (Å²) < 4.78 is 13.7. The number of benzene rings is 2. The maximum absolute atomic E-state index is 6.18. The first-order valence-corrected chi connectivity index (χ1v) is 11.3. The topological polar surface area (TPSA) is 46.7 Å². The van der Waals surface area contributed by atoms with E-state index in [2.05, 4.69) is 59.4 Å². The van der Waals surface area contributed by atoms with Crippen molar-refractivity contribution in [1.29, 1.82) is 0 Å². The van der Waals surface area contributed by atoms with Gasteiger partial charge in [0.25, 0.3) is 0 Å². The average Bonchev–Trinajstić information content (AvgIpc) is 3.43. The molecule has 4 aromatic rings. The van der Waals surface area contributed by atoms with Crippen molar-refractivity contribution in [2.75, 3.05) is 46.4 Å². The van der Waals surface area contributed by atoms with Gasteiger partial charge in [0, 0.05) is 49.9 Å². The predicted octanol–water partition coefficient (Wildman–Crippen LogP) is 4.11. The van der Waals surface area contributed by atoms with E-state index in [4.69, 9.17) is 14.3 Å². The monoisotopic (exact) mass is 430 g/mol. The first kappa shape index (κ1) is 20.9. The molecule has 1 aliphatic heterocycles. The van der Waals surface area contributed by atoms with Gasteiger partial charge in [-0.25, -0.2) is 0 Å². The molecule has 1 saturated heterocycles. The molecule has 0 radical (unpaired) electrons. The van der Waals surface area contributed by atoms with Crippen molar-refractivity contribution in [3.05, 3.63) is 78.0 Å². The highest BCUT2D eigenvalue weighted by Gasteiger charge is 2.18. The molecule has 166 valence electrons. The highest BCUT2D eigenvalue weighted by Crippen LogP contribution is 2.30. The molecule has 2 aromatic heterocycles. The van der Waals surface area contributed by atoms with Crippen LogP contribution >= 0.6 is 0 Å². The van der Waals surface area contributed by atoms with E-state index in [-0.39, 0.29) is 0 Å². The number of para-hydroxylation sites is 1. The quantitative estimate of drug-likeness (QED) is 0.421. The van der Waals surface area contributed by atoms with Gasteiger partial charge in [-0.1, -0.05) is 48.5 Å². The minimum Gasteiger partial charge on any atom is -0.454 e. The van der Waals surface area contributed by atoms with Crippen LogP contribution in [-0.2, 0) is 17.8 Å². The molecule has 0 saturated carbocycles. The van der Waals surface area contributed by atoms with E-state index < -0.39 is 0 Å². The number of fused-ring (bicyclic) bond motifs is 1. The summed E-state index contributed by atoms with van der Waals surface area (Å²) in [5.74, 6) is 0.828. The number of aromatic nitrogens is 2. The first-order valence-electron chi connectivity index (χ1n) is 11.3. The van der Waals surface area contributed by atoms with Gasteiger partial charge in [0.15, 0.2) is 5.76 Å². The van der Waals surface area contributed by atoms with Crippen molar-refractivity contribution >= 4 is 11.0 Å². The number of nitrogens with zero attached hydrogens (tertiary/aromatic N) is 4. The fraction of sp³-hybridized carbons (Fsp3) is 0.346. The van der Waals surface area contributed by atoms with E-state index in [1.165, 1.54) is 11.1 Å². The van der Waals surface area contributed by atoms with Crippen molar-refractivity contribution in [2.24, 2.45) is 0 Å². The molecule has 5 rings (SSSR count). The number of morpholine rings is 1. The molecule has 32 heavy (non-hydrogen) atoms. The summed E-state index contributed by atoms with van der Waals surface area (Å²) in [4.78, 5) is 4.84. The van der Waals surface area contributed by atoms with Crippen molar-refractivity contribution < 1.29 is 9.15 Å². The molecule has 1 fully saturated rings. The van der Waals surface area contributed by atoms with Crippen LogP contribution in [0.3, 0.4) is 0 Å². The predicted molar refractivity (Wildman–Crippen MR) is 127 cm³/mol. The summed E-state index contributed by atoms with van der Waals surface area (Å²) in [6.45, 7) is 7.34. The number of hydrogen-bond acceptors (Lipinski definition) is 5. The molecule has 0 atom stereocenters. The summed E-state index contributed by atoms with van der Waals surface area (Å²) in [7, 11) is 2.18. The van der Waals surface area contributed by atoms with Crippen LogP contribution in [0.2, 0.25) is 0 Å². The van der Waals surface area contributed by atoms with Crippen LogP contribution in [0.5, 0.6) is 0 Å². The minimum atomic E-state index is 0.742. The Morgan fingerprint density at radius 1 is 1.00 bits per heavy atom. The van der Waals surface area contributed by atoms with Gasteiger partial charge in [-0.2, -0.15) is 5.10 Å². The summed E-state index contributed by atoms with van der Waals surface area (Å²) in [6.07, 6.45) is 2.17. The summed E-state index contributed by atoms with van der Waals surface area (Å²) in [6, 6.07) is 20.7. The summed E-state index contributed by atoms with van der Waals surface area (Å²) in [5, 5.41) is 6.05. The van der Waals surface area contributed by atoms with Crippen LogP contribution < -0.4 is 0 Å². The Bertz CT molecular complexity index is 1110. The number of likely N-dealkylation sites (N-methyl/N-ethyl adjacent to an activating group) is 1. The van der Waals surface area contributed by atoms with Crippen LogP contribution in [-0.4, -0.2) is 66.0 Å². The van der Waals surface area contributed by atoms with Crippen molar-refractivity contribution in [3.63, 3.8) is 0 Å². The van der Waals surface area contributed by atoms with E-state index in [1.54, 1.807) is 0 Å². The third-order valence-corrected chi connectivity index (χ3v) is 6.03. The molecule has 0 amide bonds. The van der Waals surface area contributed by atoms with Crippen molar-refractivity contribution in [1.82, 2.24) is 19.6 Å². The molecule has 2 aromatic carbocycles. The van der Waals surface area contributed by atoms with Gasteiger partial charge in [-0.15, -0.1) is 0 Å². The SMILES string of the molecule is CN(CCN1CCOCC1)Cc1cn(Cc2ccccc2)nc1-c1cc2ccccc2o1. The molecule has 1 aliphatic rings. The molecule has 6 heteroatoms. The van der Waals surface area contributed by atoms with Crippen molar-refractivity contribution in [2.45, 2.75) is 13.1 Å². The number of furan rings is 1. The second-order valence-electron chi connectivity index (χ2n) is 8.53. The number of rotatable bonds is 8.